The second-order valence-corrected chi connectivity index (χ2v) is 28.1. The van der Waals surface area contributed by atoms with Crippen LogP contribution in [0.5, 0.6) is 0 Å². The number of alkyl carbamates (subject to hydrolysis) is 1. The zero-order valence-corrected chi connectivity index (χ0v) is 60.0. The summed E-state index contributed by atoms with van der Waals surface area (Å²) in [6.07, 6.45) is -16.2. The van der Waals surface area contributed by atoms with E-state index >= 15 is 0 Å². The van der Waals surface area contributed by atoms with Crippen LogP contribution < -0.4 is 21.7 Å². The summed E-state index contributed by atoms with van der Waals surface area (Å²) in [5.41, 5.74) is 8.20. The second-order valence-electron chi connectivity index (χ2n) is 28.1. The van der Waals surface area contributed by atoms with Crippen LogP contribution in [0.15, 0.2) is 96.6 Å². The number of amides is 7. The van der Waals surface area contributed by atoms with E-state index in [2.05, 4.69) is 29.8 Å². The van der Waals surface area contributed by atoms with Gasteiger partial charge in [0.1, 0.15) is 115 Å². The first-order chi connectivity index (χ1) is 49.7. The summed E-state index contributed by atoms with van der Waals surface area (Å²) < 4.78 is 41.2. The predicted octanol–water partition coefficient (Wildman–Crippen LogP) is -2.08. The Morgan fingerprint density at radius 2 is 0.943 bits per heavy atom. The van der Waals surface area contributed by atoms with Crippen LogP contribution in [0.4, 0.5) is 16.2 Å². The molecular weight excluding hydrogens is 1380 g/mol. The molecule has 10 rings (SSSR count). The van der Waals surface area contributed by atoms with E-state index in [0.29, 0.717) is 11.4 Å². The number of ether oxygens (including phenoxy) is 7. The molecule has 7 amide bonds. The van der Waals surface area contributed by atoms with E-state index in [-0.39, 0.29) is 37.6 Å². The molecule has 0 unspecified atom stereocenters. The molecule has 4 fully saturated rings. The maximum Gasteiger partial charge on any atom is 0.407 e. The summed E-state index contributed by atoms with van der Waals surface area (Å²) in [6.45, 7) is 8.77. The number of anilines is 2. The van der Waals surface area contributed by atoms with Crippen LogP contribution in [0.3, 0.4) is 0 Å². The third kappa shape index (κ3) is 18.9. The van der Waals surface area contributed by atoms with Gasteiger partial charge in [0.05, 0.1) is 12.8 Å². The minimum absolute atomic E-state index is 0.00136. The van der Waals surface area contributed by atoms with Gasteiger partial charge in [-0.25, -0.2) is 4.79 Å². The monoisotopic (exact) mass is 1470 g/mol. The minimum atomic E-state index is -1.80. The molecule has 34 heteroatoms. The summed E-state index contributed by atoms with van der Waals surface area (Å²) in [5.74, 6) is -4.81. The summed E-state index contributed by atoms with van der Waals surface area (Å²) in [4.78, 5) is 124. The van der Waals surface area contributed by atoms with Gasteiger partial charge in [0.15, 0.2) is 36.6 Å². The number of hydrogen-bond acceptors (Lipinski definition) is 27. The summed E-state index contributed by atoms with van der Waals surface area (Å²) >= 11 is 0. The fraction of sp³-hybridized carbons (Fsp3) is 0.592. The molecule has 0 radical (unpaired) electrons. The molecular formula is C71H98N10O24. The van der Waals surface area contributed by atoms with Crippen LogP contribution >= 0.6 is 0 Å². The van der Waals surface area contributed by atoms with Crippen LogP contribution in [-0.2, 0) is 84.4 Å². The van der Waals surface area contributed by atoms with Crippen molar-refractivity contribution in [1.29, 1.82) is 0 Å². The Labute approximate surface area is 606 Å². The van der Waals surface area contributed by atoms with E-state index in [1.54, 1.807) is 65.2 Å². The molecule has 105 heavy (non-hydrogen) atoms. The number of carbonyl (C=O) groups excluding carboxylic acids is 9. The average Bonchev–Trinajstić information content (AvgIpc) is 1.63. The molecule has 8 aliphatic heterocycles. The molecule has 20 atom stereocenters. The molecule has 0 saturated carbocycles. The number of rotatable bonds is 23. The highest BCUT2D eigenvalue weighted by atomic mass is 16.7. The average molecular weight is 1480 g/mol. The van der Waals surface area contributed by atoms with Crippen molar-refractivity contribution >= 4 is 64.5 Å². The van der Waals surface area contributed by atoms with Crippen molar-refractivity contribution in [2.45, 2.75) is 214 Å². The summed E-state index contributed by atoms with van der Waals surface area (Å²) in [6, 6.07) is 12.1. The number of nitrogens with one attached hydrogen (secondary N) is 3. The zero-order valence-electron chi connectivity index (χ0n) is 60.0. The first kappa shape index (κ1) is 81.2. The van der Waals surface area contributed by atoms with E-state index in [1.807, 2.05) is 24.3 Å². The SMILES string of the molecule is CCCCc1ccc(NC(=O)C2=CCN(C)[C@@H]([C@H](O[C@@H]3O[C@H](CN)[C@@H](O)[C@H]3O)[C@H]3O[C@@H](N4C=CC(=O)CC4=O)[C@H](O)[C@@H]3O)C(=O)N2C)cc1.CCCCc1ccc(NC(=O)C2=CCN(C)[C@@H]([C@H](O[C@@H]3O[C@H](CNC(=O)OC(C)(C)C)[C@@H](O)[C@H]3O)[C@H]3O[C@@H](N4C=CC(=O)CC4=O)[C@H](O)[C@@H]3O)C(=O)N2C)cc1. The standard InChI is InChI=1S/C38H53N5O13.C33H45N5O11/c1-7-8-9-20-10-12-21(13-11-20)40-33(50)23-15-16-41(5)26(34(51)42(23)6)31(32-28(47)29(48)35(54-32)43-17-14-22(44)18-25(43)45)55-36-30(49)27(46)24(53-36)19-39-37(52)56-38(2,3)4;1-4-5-6-17-7-9-18(10-8-17)35-30(45)20-12-13-36(2)23(31(46)37(20)3)28(49-33-27(44)24(41)21(16-34)47-33)29-25(42)26(43)32(48-29)38-14-11-19(39)15-22(38)40/h10-15,17,24,26-32,35-36,46-49H,7-9,16,18-19H2,1-6H3,(H,39,52)(H,40,50);7-12,14,21,23-29,32-33,41-44H,4-6,13,15-16,34H2,1-3H3,(H,35,45)/t24-,26+,27-,28+,29-,30-,31+,32+,35-,36+;21-,23+,24-,25+,26-,27-,28+,29+,32-,33+/m11/s1. The van der Waals surface area contributed by atoms with E-state index in [0.717, 1.165) is 93.8 Å². The van der Waals surface area contributed by atoms with Crippen LogP contribution in [0.25, 0.3) is 0 Å². The number of allylic oxidation sites excluding steroid dienone is 2. The van der Waals surface area contributed by atoms with Crippen LogP contribution in [0.1, 0.15) is 84.3 Å². The fourth-order valence-corrected chi connectivity index (χ4v) is 13.3. The highest BCUT2D eigenvalue weighted by molar-refractivity contribution is 6.08. The molecule has 0 aliphatic carbocycles. The van der Waals surface area contributed by atoms with Crippen molar-refractivity contribution in [3.05, 3.63) is 108 Å². The highest BCUT2D eigenvalue weighted by Gasteiger charge is 2.59. The number of ketones is 2. The molecule has 4 saturated heterocycles. The van der Waals surface area contributed by atoms with Crippen molar-refractivity contribution in [3.8, 4) is 0 Å². The minimum Gasteiger partial charge on any atom is -0.444 e. The van der Waals surface area contributed by atoms with E-state index < -0.39 is 194 Å². The Kier molecular flexibility index (Phi) is 27.3. The number of aliphatic hydroxyl groups excluding tert-OH is 8. The lowest BCUT2D eigenvalue weighted by Gasteiger charge is -2.38. The van der Waals surface area contributed by atoms with Gasteiger partial charge in [0.25, 0.3) is 11.8 Å². The Bertz CT molecular complexity index is 3590. The Morgan fingerprint density at radius 1 is 0.552 bits per heavy atom. The molecule has 2 aromatic rings. The molecule has 576 valence electrons. The zero-order chi connectivity index (χ0) is 76.6. The lowest BCUT2D eigenvalue weighted by molar-refractivity contribution is -0.234. The lowest BCUT2D eigenvalue weighted by atomic mass is 9.97. The van der Waals surface area contributed by atoms with E-state index in [1.165, 1.54) is 30.0 Å². The quantitative estimate of drug-likeness (QED) is 0.0531. The van der Waals surface area contributed by atoms with Gasteiger partial charge in [-0.2, -0.15) is 0 Å². The van der Waals surface area contributed by atoms with E-state index in [4.69, 9.17) is 38.9 Å². The Balaban J connectivity index is 0.000000245. The van der Waals surface area contributed by atoms with Crippen molar-refractivity contribution < 1.29 is 117 Å². The Hall–Kier alpha value is -7.85. The number of nitrogens with zero attached hydrogens (tertiary/aromatic N) is 6. The van der Waals surface area contributed by atoms with Gasteiger partial charge >= 0.3 is 6.09 Å². The number of carbonyl (C=O) groups is 9. The van der Waals surface area contributed by atoms with Crippen molar-refractivity contribution in [3.63, 3.8) is 0 Å². The van der Waals surface area contributed by atoms with Gasteiger partial charge in [-0.05, 0) is 120 Å². The molecule has 8 aliphatic rings. The molecule has 2 aromatic carbocycles. The molecule has 34 nitrogen and oxygen atoms in total. The Morgan fingerprint density at radius 3 is 1.30 bits per heavy atom. The molecule has 13 N–H and O–H groups in total. The molecule has 0 bridgehead atoms. The number of aliphatic hydroxyl groups is 8. The molecule has 8 heterocycles. The smallest absolute Gasteiger partial charge is 0.407 e. The second kappa shape index (κ2) is 35.2. The normalized spacial score (nSPS) is 31.8. The fourth-order valence-electron chi connectivity index (χ4n) is 13.3. The van der Waals surface area contributed by atoms with Crippen LogP contribution in [-0.4, -0.2) is 306 Å². The van der Waals surface area contributed by atoms with Gasteiger partial charge in [0, 0.05) is 64.0 Å². The lowest BCUT2D eigenvalue weighted by Crippen LogP contribution is -2.59. The van der Waals surface area contributed by atoms with Crippen molar-refractivity contribution in [1.82, 2.24) is 34.7 Å². The predicted molar refractivity (Wildman–Crippen MR) is 369 cm³/mol. The summed E-state index contributed by atoms with van der Waals surface area (Å²) in [7, 11) is 5.90. The third-order valence-corrected chi connectivity index (χ3v) is 19.2. The van der Waals surface area contributed by atoms with Crippen LogP contribution in [0.2, 0.25) is 0 Å². The third-order valence-electron chi connectivity index (χ3n) is 19.2. The van der Waals surface area contributed by atoms with E-state index in [9.17, 15) is 84.0 Å². The number of unbranched alkanes of at least 4 members (excludes halogenated alkanes) is 2. The van der Waals surface area contributed by atoms with Crippen LogP contribution in [0, 0.1) is 0 Å². The van der Waals surface area contributed by atoms with Gasteiger partial charge in [-0.3, -0.25) is 58.0 Å². The maximum atomic E-state index is 14.5. The topological polar surface area (TPSA) is 462 Å². The highest BCUT2D eigenvalue weighted by Crippen LogP contribution is 2.38. The molecule has 0 aromatic heterocycles. The van der Waals surface area contributed by atoms with Gasteiger partial charge in [-0.1, -0.05) is 51.0 Å². The number of hydrogen-bond donors (Lipinski definition) is 12. The largest absolute Gasteiger partial charge is 0.444 e. The summed E-state index contributed by atoms with van der Waals surface area (Å²) in [5, 5.41) is 96.3. The maximum absolute atomic E-state index is 14.5. The van der Waals surface area contributed by atoms with Gasteiger partial charge < -0.3 is 105 Å². The number of aryl methyl sites for hydroxylation is 2. The first-order valence-corrected chi connectivity index (χ1v) is 35.0. The number of likely N-dealkylation sites (N-methyl/N-ethyl adjacent to an activating group) is 4. The molecule has 0 spiro atoms. The number of nitrogens with two attached hydrogens (primary N) is 1. The van der Waals surface area contributed by atoms with Crippen molar-refractivity contribution in [2.75, 3.05) is 65.0 Å². The van der Waals surface area contributed by atoms with Crippen molar-refractivity contribution in [2.24, 2.45) is 5.73 Å². The number of benzene rings is 2. The van der Waals surface area contributed by atoms with Gasteiger partial charge in [-0.15, -0.1) is 0 Å². The first-order valence-electron chi connectivity index (χ1n) is 35.0. The van der Waals surface area contributed by atoms with Gasteiger partial charge in [0.2, 0.25) is 23.6 Å².